The molecular weight excluding hydrogens is 538 g/mol. The van der Waals surface area contributed by atoms with Gasteiger partial charge in [-0.15, -0.1) is 0 Å². The van der Waals surface area contributed by atoms with Crippen LogP contribution in [0.15, 0.2) is 80.9 Å². The van der Waals surface area contributed by atoms with Crippen molar-refractivity contribution in [1.82, 2.24) is 15.2 Å². The summed E-state index contributed by atoms with van der Waals surface area (Å²) in [6, 6.07) is 12.2. The van der Waals surface area contributed by atoms with Crippen LogP contribution in [0.3, 0.4) is 0 Å². The molecule has 1 saturated heterocycles. The molecule has 0 atom stereocenters. The van der Waals surface area contributed by atoms with Crippen LogP contribution in [0.2, 0.25) is 0 Å². The molecule has 15 heteroatoms. The molecule has 4 aromatic rings. The Morgan fingerprint density at radius 1 is 1.18 bits per heavy atom. The maximum atomic E-state index is 13.1. The van der Waals surface area contributed by atoms with E-state index in [0.717, 1.165) is 10.4 Å². The van der Waals surface area contributed by atoms with Crippen molar-refractivity contribution in [3.63, 3.8) is 0 Å². The summed E-state index contributed by atoms with van der Waals surface area (Å²) in [7, 11) is -8.49. The van der Waals surface area contributed by atoms with Crippen LogP contribution >= 0.6 is 0 Å². The second kappa shape index (κ2) is 9.68. The van der Waals surface area contributed by atoms with Gasteiger partial charge in [0.15, 0.2) is 5.58 Å². The van der Waals surface area contributed by atoms with Gasteiger partial charge < -0.3 is 14.3 Å². The fraction of sp³-hybridized carbons (Fsp3) is 0.0870. The molecule has 0 aliphatic carbocycles. The minimum absolute atomic E-state index is 0.0385. The minimum atomic E-state index is -4.35. The van der Waals surface area contributed by atoms with Crippen molar-refractivity contribution in [2.75, 3.05) is 15.6 Å². The molecule has 2 aromatic carbocycles. The largest absolute Gasteiger partial charge is 0.467 e. The van der Waals surface area contributed by atoms with Crippen LogP contribution in [-0.2, 0) is 36.4 Å². The first-order chi connectivity index (χ1) is 18.1. The molecule has 2 aromatic heterocycles. The lowest BCUT2D eigenvalue weighted by Gasteiger charge is -2.20. The Hall–Kier alpha value is -4.63. The molecule has 1 fully saturated rings. The summed E-state index contributed by atoms with van der Waals surface area (Å²) in [4.78, 5) is 24.5. The number of nitrogens with one attached hydrogen (secondary N) is 3. The fourth-order valence-electron chi connectivity index (χ4n) is 3.77. The number of hydrogen-bond donors (Lipinski definition) is 3. The van der Waals surface area contributed by atoms with Gasteiger partial charge >= 0.3 is 10.2 Å². The van der Waals surface area contributed by atoms with E-state index in [1.807, 2.05) is 4.72 Å². The summed E-state index contributed by atoms with van der Waals surface area (Å²) in [6.07, 6.45) is 5.02. The van der Waals surface area contributed by atoms with E-state index in [4.69, 9.17) is 8.94 Å². The number of aromatic nitrogens is 1. The van der Waals surface area contributed by atoms with Crippen LogP contribution in [0.1, 0.15) is 11.3 Å². The topological polar surface area (TPSA) is 181 Å². The number of amides is 2. The summed E-state index contributed by atoms with van der Waals surface area (Å²) in [5.74, 6) is -0.890. The van der Waals surface area contributed by atoms with Gasteiger partial charge in [0.05, 0.1) is 29.6 Å². The van der Waals surface area contributed by atoms with Crippen LogP contribution < -0.4 is 19.1 Å². The average Bonchev–Trinajstić information content (AvgIpc) is 3.61. The fourth-order valence-corrected chi connectivity index (χ4v) is 6.03. The van der Waals surface area contributed by atoms with Gasteiger partial charge in [0.25, 0.3) is 15.9 Å². The first-order valence-electron chi connectivity index (χ1n) is 10.9. The second-order valence-electron chi connectivity index (χ2n) is 8.02. The number of benzene rings is 2. The SMILES string of the molecule is O=C(/C=C/c1c(NS(=O)(=O)c2ccccc2)cc2cnoc2c1N1CC(=O)NS1(=O)=O)NCc1ccco1. The third-order valence-corrected chi connectivity index (χ3v) is 8.20. The van der Waals surface area contributed by atoms with E-state index in [-0.39, 0.29) is 39.3 Å². The highest BCUT2D eigenvalue weighted by Gasteiger charge is 2.38. The molecule has 196 valence electrons. The standard InChI is InChI=1S/C23H19N5O8S2/c29-20(24-13-16-5-4-10-35-16)9-8-18-19(26-37(31,32)17-6-2-1-3-7-17)11-15-12-25-36-23(15)22(18)28-14-21(30)27-38(28,33)34/h1-12,26H,13-14H2,(H,24,29)(H,27,30)/b9-8+. The van der Waals surface area contributed by atoms with Crippen LogP contribution in [0.5, 0.6) is 0 Å². The first kappa shape index (κ1) is 25.0. The maximum Gasteiger partial charge on any atom is 0.326 e. The number of furan rings is 1. The summed E-state index contributed by atoms with van der Waals surface area (Å²) >= 11 is 0. The monoisotopic (exact) mass is 557 g/mol. The Bertz CT molecular complexity index is 1760. The lowest BCUT2D eigenvalue weighted by molar-refractivity contribution is -0.117. The van der Waals surface area contributed by atoms with Gasteiger partial charge in [0.1, 0.15) is 18.0 Å². The predicted octanol–water partition coefficient (Wildman–Crippen LogP) is 1.73. The lowest BCUT2D eigenvalue weighted by atomic mass is 10.1. The van der Waals surface area contributed by atoms with E-state index in [1.54, 1.807) is 30.3 Å². The van der Waals surface area contributed by atoms with E-state index in [1.165, 1.54) is 36.7 Å². The van der Waals surface area contributed by atoms with Gasteiger partial charge in [0.2, 0.25) is 5.91 Å². The molecule has 2 amide bonds. The summed E-state index contributed by atoms with van der Waals surface area (Å²) in [5, 5.41) is 6.55. The van der Waals surface area contributed by atoms with Crippen molar-refractivity contribution >= 4 is 60.5 Å². The van der Waals surface area contributed by atoms with Crippen LogP contribution in [0, 0.1) is 0 Å². The smallest absolute Gasteiger partial charge is 0.326 e. The number of hydrogen-bond acceptors (Lipinski definition) is 9. The zero-order valence-electron chi connectivity index (χ0n) is 19.3. The number of nitrogens with zero attached hydrogens (tertiary/aromatic N) is 2. The Morgan fingerprint density at radius 2 is 1.97 bits per heavy atom. The van der Waals surface area contributed by atoms with Gasteiger partial charge in [-0.2, -0.15) is 8.42 Å². The number of sulfonamides is 1. The van der Waals surface area contributed by atoms with Gasteiger partial charge in [0, 0.05) is 17.0 Å². The highest BCUT2D eigenvalue weighted by Crippen LogP contribution is 2.40. The molecule has 1 aliphatic rings. The van der Waals surface area contributed by atoms with Crippen molar-refractivity contribution in [3.05, 3.63) is 78.4 Å². The highest BCUT2D eigenvalue weighted by molar-refractivity contribution is 7.92. The number of carbonyl (C=O) groups is 2. The third kappa shape index (κ3) is 4.96. The number of carbonyl (C=O) groups excluding carboxylic acids is 2. The van der Waals surface area contributed by atoms with E-state index in [0.29, 0.717) is 5.76 Å². The molecule has 0 unspecified atom stereocenters. The van der Waals surface area contributed by atoms with Crippen LogP contribution in [0.25, 0.3) is 17.0 Å². The lowest BCUT2D eigenvalue weighted by Crippen LogP contribution is -2.30. The number of fused-ring (bicyclic) bond motifs is 1. The quantitative estimate of drug-likeness (QED) is 0.272. The summed E-state index contributed by atoms with van der Waals surface area (Å²) in [5.41, 5.74) is -0.353. The molecule has 3 heterocycles. The molecule has 0 saturated carbocycles. The molecule has 0 spiro atoms. The van der Waals surface area contributed by atoms with Crippen molar-refractivity contribution in [2.24, 2.45) is 0 Å². The summed E-state index contributed by atoms with van der Waals surface area (Å²) < 4.78 is 67.3. The normalized spacial score (nSPS) is 15.2. The maximum absolute atomic E-state index is 13.1. The highest BCUT2D eigenvalue weighted by atomic mass is 32.2. The van der Waals surface area contributed by atoms with Crippen molar-refractivity contribution in [2.45, 2.75) is 11.4 Å². The Kier molecular flexibility index (Phi) is 6.38. The summed E-state index contributed by atoms with van der Waals surface area (Å²) in [6.45, 7) is -0.519. The first-order valence-corrected chi connectivity index (χ1v) is 13.9. The molecular formula is C23H19N5O8S2. The van der Waals surface area contributed by atoms with E-state index < -0.39 is 38.6 Å². The van der Waals surface area contributed by atoms with Gasteiger partial charge in [-0.3, -0.25) is 14.3 Å². The Balaban J connectivity index is 1.63. The third-order valence-electron chi connectivity index (χ3n) is 5.44. The van der Waals surface area contributed by atoms with Crippen molar-refractivity contribution in [1.29, 1.82) is 0 Å². The van der Waals surface area contributed by atoms with Crippen LogP contribution in [-0.4, -0.2) is 40.4 Å². The van der Waals surface area contributed by atoms with Gasteiger partial charge in [-0.05, 0) is 36.4 Å². The zero-order chi connectivity index (χ0) is 26.9. The Labute approximate surface area is 216 Å². The molecule has 0 bridgehead atoms. The van der Waals surface area contributed by atoms with Gasteiger partial charge in [-0.1, -0.05) is 23.4 Å². The molecule has 5 rings (SSSR count). The molecule has 1 aliphatic heterocycles. The van der Waals surface area contributed by atoms with E-state index >= 15 is 0 Å². The molecule has 3 N–H and O–H groups in total. The zero-order valence-corrected chi connectivity index (χ0v) is 21.0. The van der Waals surface area contributed by atoms with Crippen LogP contribution in [0.4, 0.5) is 11.4 Å². The van der Waals surface area contributed by atoms with E-state index in [2.05, 4.69) is 15.2 Å². The number of anilines is 2. The van der Waals surface area contributed by atoms with Gasteiger partial charge in [-0.25, -0.2) is 17.4 Å². The molecule has 13 nitrogen and oxygen atoms in total. The van der Waals surface area contributed by atoms with E-state index in [9.17, 15) is 26.4 Å². The van der Waals surface area contributed by atoms with Crippen molar-refractivity contribution in [3.8, 4) is 0 Å². The number of rotatable bonds is 8. The second-order valence-corrected chi connectivity index (χ2v) is 11.3. The molecule has 38 heavy (non-hydrogen) atoms. The van der Waals surface area contributed by atoms with Crippen molar-refractivity contribution < 1.29 is 35.4 Å². The average molecular weight is 558 g/mol. The molecule has 0 radical (unpaired) electrons. The Morgan fingerprint density at radius 3 is 2.66 bits per heavy atom. The predicted molar refractivity (Wildman–Crippen MR) is 135 cm³/mol. The minimum Gasteiger partial charge on any atom is -0.467 e.